The Kier molecular flexibility index (Phi) is 4.49. The second-order valence-electron chi connectivity index (χ2n) is 5.02. The fourth-order valence-corrected chi connectivity index (χ4v) is 2.00. The summed E-state index contributed by atoms with van der Waals surface area (Å²) in [4.78, 5) is 34.5. The number of carbonyl (C=O) groups is 2. The molecule has 0 radical (unpaired) electrons. The summed E-state index contributed by atoms with van der Waals surface area (Å²) >= 11 is 0. The highest BCUT2D eigenvalue weighted by Crippen LogP contribution is 2.08. The van der Waals surface area contributed by atoms with Crippen LogP contribution in [0.5, 0.6) is 0 Å². The molecular weight excluding hydrogens is 258 g/mol. The zero-order valence-corrected chi connectivity index (χ0v) is 11.7. The number of hydrogen-bond donors (Lipinski definition) is 1. The molecule has 0 unspecified atom stereocenters. The first kappa shape index (κ1) is 14.2. The molecule has 0 aliphatic carbocycles. The zero-order valence-electron chi connectivity index (χ0n) is 11.7. The van der Waals surface area contributed by atoms with Gasteiger partial charge in [0.05, 0.1) is 12.4 Å². The van der Waals surface area contributed by atoms with Crippen LogP contribution in [0.1, 0.15) is 24.3 Å². The Hall–Kier alpha value is -2.18. The Bertz CT molecular complexity index is 466. The van der Waals surface area contributed by atoms with Gasteiger partial charge in [-0.2, -0.15) is 0 Å². The van der Waals surface area contributed by atoms with E-state index in [1.807, 2.05) is 13.8 Å². The van der Waals surface area contributed by atoms with Gasteiger partial charge in [-0.05, 0) is 13.8 Å². The van der Waals surface area contributed by atoms with Gasteiger partial charge in [0.15, 0.2) is 0 Å². The summed E-state index contributed by atoms with van der Waals surface area (Å²) in [5, 5.41) is 3.12. The lowest BCUT2D eigenvalue weighted by molar-refractivity contribution is -0.119. The molecule has 1 aliphatic heterocycles. The molecule has 7 nitrogen and oxygen atoms in total. The minimum atomic E-state index is -0.140. The number of hydrogen-bond acceptors (Lipinski definition) is 5. The number of piperazine rings is 1. The molecule has 0 spiro atoms. The maximum atomic E-state index is 12.2. The number of carbonyl (C=O) groups excluding carboxylic acids is 2. The average molecular weight is 277 g/mol. The number of nitrogens with zero attached hydrogens (tertiary/aromatic N) is 4. The standard InChI is InChI=1S/C13H19N5O2/c1-10(2)16-12-8-14-11(7-15-12)13(20)18-5-3-17(9-19)4-6-18/h7-10H,3-6H2,1-2H3,(H,15,16). The van der Waals surface area contributed by atoms with Gasteiger partial charge in [0.1, 0.15) is 11.5 Å². The van der Waals surface area contributed by atoms with Crippen LogP contribution in [0.25, 0.3) is 0 Å². The normalized spacial score (nSPS) is 15.3. The number of amides is 2. The molecule has 2 amide bonds. The smallest absolute Gasteiger partial charge is 0.274 e. The summed E-state index contributed by atoms with van der Waals surface area (Å²) in [5.74, 6) is 0.515. The Morgan fingerprint density at radius 3 is 2.45 bits per heavy atom. The van der Waals surface area contributed by atoms with Gasteiger partial charge in [-0.15, -0.1) is 0 Å². The topological polar surface area (TPSA) is 78.4 Å². The van der Waals surface area contributed by atoms with E-state index in [0.29, 0.717) is 37.7 Å². The van der Waals surface area contributed by atoms with Crippen LogP contribution < -0.4 is 5.32 Å². The fourth-order valence-electron chi connectivity index (χ4n) is 2.00. The number of rotatable bonds is 4. The molecule has 0 saturated carbocycles. The predicted molar refractivity (Wildman–Crippen MR) is 74.3 cm³/mol. The highest BCUT2D eigenvalue weighted by Gasteiger charge is 2.22. The highest BCUT2D eigenvalue weighted by atomic mass is 16.2. The van der Waals surface area contributed by atoms with Gasteiger partial charge in [0, 0.05) is 32.2 Å². The first-order valence-electron chi connectivity index (χ1n) is 6.67. The van der Waals surface area contributed by atoms with Gasteiger partial charge in [-0.25, -0.2) is 9.97 Å². The average Bonchev–Trinajstić information content (AvgIpc) is 2.47. The van der Waals surface area contributed by atoms with Crippen molar-refractivity contribution < 1.29 is 9.59 Å². The summed E-state index contributed by atoms with van der Waals surface area (Å²) in [6.07, 6.45) is 3.86. The molecule has 0 aromatic carbocycles. The molecule has 1 fully saturated rings. The third-order valence-corrected chi connectivity index (χ3v) is 3.06. The summed E-state index contributed by atoms with van der Waals surface area (Å²) in [5.41, 5.74) is 0.332. The van der Waals surface area contributed by atoms with Crippen LogP contribution in [-0.4, -0.2) is 64.3 Å². The van der Waals surface area contributed by atoms with Gasteiger partial charge in [0.2, 0.25) is 6.41 Å². The molecule has 1 N–H and O–H groups in total. The molecule has 108 valence electrons. The van der Waals surface area contributed by atoms with Crippen LogP contribution in [-0.2, 0) is 4.79 Å². The van der Waals surface area contributed by atoms with Crippen molar-refractivity contribution in [1.29, 1.82) is 0 Å². The van der Waals surface area contributed by atoms with Gasteiger partial charge in [-0.1, -0.05) is 0 Å². The lowest BCUT2D eigenvalue weighted by Gasteiger charge is -2.32. The fraction of sp³-hybridized carbons (Fsp3) is 0.538. The summed E-state index contributed by atoms with van der Waals surface area (Å²) in [7, 11) is 0. The molecule has 1 aromatic heterocycles. The summed E-state index contributed by atoms with van der Waals surface area (Å²) in [6, 6.07) is 0.266. The van der Waals surface area contributed by atoms with E-state index in [1.165, 1.54) is 6.20 Å². The number of anilines is 1. The first-order chi connectivity index (χ1) is 9.60. The van der Waals surface area contributed by atoms with Crippen molar-refractivity contribution in [3.8, 4) is 0 Å². The minimum Gasteiger partial charge on any atom is -0.367 e. The highest BCUT2D eigenvalue weighted by molar-refractivity contribution is 5.92. The maximum Gasteiger partial charge on any atom is 0.274 e. The van der Waals surface area contributed by atoms with Crippen LogP contribution in [0.3, 0.4) is 0 Å². The monoisotopic (exact) mass is 277 g/mol. The quantitative estimate of drug-likeness (QED) is 0.796. The Morgan fingerprint density at radius 2 is 1.95 bits per heavy atom. The van der Waals surface area contributed by atoms with Crippen molar-refractivity contribution in [3.63, 3.8) is 0 Å². The Balaban J connectivity index is 1.97. The van der Waals surface area contributed by atoms with Crippen molar-refractivity contribution >= 4 is 18.1 Å². The minimum absolute atomic E-state index is 0.140. The SMILES string of the molecule is CC(C)Nc1cnc(C(=O)N2CCN(C=O)CC2)cn1. The maximum absolute atomic E-state index is 12.2. The third-order valence-electron chi connectivity index (χ3n) is 3.06. The zero-order chi connectivity index (χ0) is 14.5. The predicted octanol–water partition coefficient (Wildman–Crippen LogP) is 0.211. The van der Waals surface area contributed by atoms with Crippen molar-refractivity contribution in [2.45, 2.75) is 19.9 Å². The molecule has 7 heteroatoms. The Morgan fingerprint density at radius 1 is 1.25 bits per heavy atom. The van der Waals surface area contributed by atoms with E-state index in [2.05, 4.69) is 15.3 Å². The van der Waals surface area contributed by atoms with E-state index in [0.717, 1.165) is 6.41 Å². The van der Waals surface area contributed by atoms with E-state index < -0.39 is 0 Å². The van der Waals surface area contributed by atoms with Gasteiger partial charge < -0.3 is 15.1 Å². The molecular formula is C13H19N5O2. The van der Waals surface area contributed by atoms with E-state index in [-0.39, 0.29) is 11.9 Å². The van der Waals surface area contributed by atoms with E-state index in [4.69, 9.17) is 0 Å². The lowest BCUT2D eigenvalue weighted by atomic mass is 10.3. The van der Waals surface area contributed by atoms with E-state index in [1.54, 1.807) is 16.0 Å². The van der Waals surface area contributed by atoms with E-state index in [9.17, 15) is 9.59 Å². The molecule has 1 aromatic rings. The molecule has 2 rings (SSSR count). The van der Waals surface area contributed by atoms with Gasteiger partial charge in [-0.3, -0.25) is 9.59 Å². The summed E-state index contributed by atoms with van der Waals surface area (Å²) in [6.45, 7) is 6.21. The van der Waals surface area contributed by atoms with Crippen LogP contribution in [0.2, 0.25) is 0 Å². The van der Waals surface area contributed by atoms with E-state index >= 15 is 0 Å². The second-order valence-corrected chi connectivity index (χ2v) is 5.02. The van der Waals surface area contributed by atoms with Crippen molar-refractivity contribution in [3.05, 3.63) is 18.1 Å². The van der Waals surface area contributed by atoms with Crippen LogP contribution >= 0.6 is 0 Å². The van der Waals surface area contributed by atoms with Gasteiger partial charge >= 0.3 is 0 Å². The first-order valence-corrected chi connectivity index (χ1v) is 6.67. The molecule has 2 heterocycles. The molecule has 0 atom stereocenters. The third kappa shape index (κ3) is 3.43. The van der Waals surface area contributed by atoms with Crippen molar-refractivity contribution in [2.24, 2.45) is 0 Å². The number of nitrogens with one attached hydrogen (secondary N) is 1. The second kappa shape index (κ2) is 6.31. The van der Waals surface area contributed by atoms with Crippen molar-refractivity contribution in [2.75, 3.05) is 31.5 Å². The van der Waals surface area contributed by atoms with Crippen LogP contribution in [0.4, 0.5) is 5.82 Å². The molecule has 1 aliphatic rings. The molecule has 1 saturated heterocycles. The largest absolute Gasteiger partial charge is 0.367 e. The molecule has 20 heavy (non-hydrogen) atoms. The molecule has 0 bridgehead atoms. The lowest BCUT2D eigenvalue weighted by Crippen LogP contribution is -2.48. The van der Waals surface area contributed by atoms with Gasteiger partial charge in [0.25, 0.3) is 5.91 Å². The van der Waals surface area contributed by atoms with Crippen molar-refractivity contribution in [1.82, 2.24) is 19.8 Å². The van der Waals surface area contributed by atoms with Crippen LogP contribution in [0.15, 0.2) is 12.4 Å². The summed E-state index contributed by atoms with van der Waals surface area (Å²) < 4.78 is 0. The van der Waals surface area contributed by atoms with Crippen LogP contribution in [0, 0.1) is 0 Å². The Labute approximate surface area is 118 Å². The number of aromatic nitrogens is 2.